The molecule has 1 atom stereocenters. The number of carboxylic acids is 1. The van der Waals surface area contributed by atoms with Crippen LogP contribution in [-0.4, -0.2) is 11.1 Å². The fraction of sp³-hybridized carbons (Fsp3) is 0.944. The van der Waals surface area contributed by atoms with Gasteiger partial charge < -0.3 is 5.11 Å². The van der Waals surface area contributed by atoms with Gasteiger partial charge in [0.2, 0.25) is 0 Å². The summed E-state index contributed by atoms with van der Waals surface area (Å²) in [6, 6.07) is 0. The highest BCUT2D eigenvalue weighted by molar-refractivity contribution is 5.66. The standard InChI is InChI=1S/C18H36O2/c1-3-17(2)15-13-11-9-7-5-4-6-8-10-12-14-16-18(19)20/h17H,3-16H2,1-2H3,(H,19,20). The SMILES string of the molecule is CCC(C)CCCCCCCCCCCCCC(=O)O. The van der Waals surface area contributed by atoms with E-state index in [2.05, 4.69) is 13.8 Å². The number of aliphatic carboxylic acids is 1. The van der Waals surface area contributed by atoms with Crippen LogP contribution in [0.5, 0.6) is 0 Å². The van der Waals surface area contributed by atoms with Crippen LogP contribution < -0.4 is 0 Å². The minimum Gasteiger partial charge on any atom is -0.481 e. The Bertz CT molecular complexity index is 213. The van der Waals surface area contributed by atoms with Crippen molar-refractivity contribution in [3.63, 3.8) is 0 Å². The Kier molecular flexibility index (Phi) is 14.5. The number of hydrogen-bond acceptors (Lipinski definition) is 1. The van der Waals surface area contributed by atoms with Crippen LogP contribution in [0.15, 0.2) is 0 Å². The number of unbranched alkanes of at least 4 members (excludes halogenated alkanes) is 10. The van der Waals surface area contributed by atoms with Gasteiger partial charge >= 0.3 is 5.97 Å². The average Bonchev–Trinajstić information content (AvgIpc) is 2.43. The van der Waals surface area contributed by atoms with E-state index in [0.717, 1.165) is 18.8 Å². The fourth-order valence-corrected chi connectivity index (χ4v) is 2.56. The van der Waals surface area contributed by atoms with Crippen LogP contribution in [0.25, 0.3) is 0 Å². The quantitative estimate of drug-likeness (QED) is 0.364. The zero-order chi connectivity index (χ0) is 15.1. The predicted molar refractivity (Wildman–Crippen MR) is 87.1 cm³/mol. The first-order valence-corrected chi connectivity index (χ1v) is 8.88. The molecule has 0 aliphatic rings. The molecule has 0 aliphatic carbocycles. The summed E-state index contributed by atoms with van der Waals surface area (Å²) in [6.07, 6.45) is 17.2. The second kappa shape index (κ2) is 14.9. The van der Waals surface area contributed by atoms with E-state index in [9.17, 15) is 4.79 Å². The molecule has 20 heavy (non-hydrogen) atoms. The lowest BCUT2D eigenvalue weighted by molar-refractivity contribution is -0.137. The van der Waals surface area contributed by atoms with Gasteiger partial charge in [-0.25, -0.2) is 0 Å². The van der Waals surface area contributed by atoms with Crippen LogP contribution in [-0.2, 0) is 4.79 Å². The third-order valence-electron chi connectivity index (χ3n) is 4.28. The summed E-state index contributed by atoms with van der Waals surface area (Å²) in [5.41, 5.74) is 0. The van der Waals surface area contributed by atoms with Crippen molar-refractivity contribution in [2.45, 2.75) is 104 Å². The number of hydrogen-bond donors (Lipinski definition) is 1. The second-order valence-corrected chi connectivity index (χ2v) is 6.33. The third kappa shape index (κ3) is 15.5. The van der Waals surface area contributed by atoms with Crippen LogP contribution in [0.3, 0.4) is 0 Å². The van der Waals surface area contributed by atoms with Crippen molar-refractivity contribution in [3.05, 3.63) is 0 Å². The fourth-order valence-electron chi connectivity index (χ4n) is 2.56. The first-order chi connectivity index (χ1) is 9.66. The Balaban J connectivity index is 3.01. The normalized spacial score (nSPS) is 12.5. The summed E-state index contributed by atoms with van der Waals surface area (Å²) in [5.74, 6) is 0.259. The van der Waals surface area contributed by atoms with Gasteiger partial charge in [-0.1, -0.05) is 90.9 Å². The van der Waals surface area contributed by atoms with Crippen molar-refractivity contribution in [3.8, 4) is 0 Å². The maximum Gasteiger partial charge on any atom is 0.303 e. The molecule has 1 unspecified atom stereocenters. The molecule has 0 amide bonds. The number of carbonyl (C=O) groups is 1. The van der Waals surface area contributed by atoms with E-state index in [0.29, 0.717) is 6.42 Å². The molecule has 2 nitrogen and oxygen atoms in total. The van der Waals surface area contributed by atoms with Gasteiger partial charge in [0.15, 0.2) is 0 Å². The molecule has 1 N–H and O–H groups in total. The Morgan fingerprint density at radius 2 is 1.20 bits per heavy atom. The molecule has 120 valence electrons. The Labute approximate surface area is 126 Å². The third-order valence-corrected chi connectivity index (χ3v) is 4.28. The zero-order valence-corrected chi connectivity index (χ0v) is 13.8. The largest absolute Gasteiger partial charge is 0.481 e. The predicted octanol–water partition coefficient (Wildman–Crippen LogP) is 6.19. The van der Waals surface area contributed by atoms with Crippen LogP contribution in [0.4, 0.5) is 0 Å². The molecule has 0 heterocycles. The van der Waals surface area contributed by atoms with Gasteiger partial charge in [0.1, 0.15) is 0 Å². The highest BCUT2D eigenvalue weighted by Crippen LogP contribution is 2.15. The molecule has 0 fully saturated rings. The van der Waals surface area contributed by atoms with Crippen LogP contribution >= 0.6 is 0 Å². The maximum atomic E-state index is 10.3. The molecule has 0 radical (unpaired) electrons. The van der Waals surface area contributed by atoms with Crippen molar-refractivity contribution in [2.24, 2.45) is 5.92 Å². The Morgan fingerprint density at radius 1 is 0.800 bits per heavy atom. The smallest absolute Gasteiger partial charge is 0.303 e. The minimum atomic E-state index is -0.654. The lowest BCUT2D eigenvalue weighted by Crippen LogP contribution is -1.93. The van der Waals surface area contributed by atoms with Crippen molar-refractivity contribution in [2.75, 3.05) is 0 Å². The second-order valence-electron chi connectivity index (χ2n) is 6.33. The minimum absolute atomic E-state index is 0.344. The molecular weight excluding hydrogens is 248 g/mol. The summed E-state index contributed by atoms with van der Waals surface area (Å²) in [5, 5.41) is 8.52. The van der Waals surface area contributed by atoms with E-state index in [4.69, 9.17) is 5.11 Å². The van der Waals surface area contributed by atoms with Crippen LogP contribution in [0.2, 0.25) is 0 Å². The molecular formula is C18H36O2. The summed E-state index contributed by atoms with van der Waals surface area (Å²) in [4.78, 5) is 10.3. The molecule has 2 heteroatoms. The molecule has 0 bridgehead atoms. The number of rotatable bonds is 15. The highest BCUT2D eigenvalue weighted by atomic mass is 16.4. The first kappa shape index (κ1) is 19.5. The van der Waals surface area contributed by atoms with E-state index < -0.39 is 5.97 Å². The summed E-state index contributed by atoms with van der Waals surface area (Å²) in [7, 11) is 0. The van der Waals surface area contributed by atoms with E-state index in [1.165, 1.54) is 70.6 Å². The summed E-state index contributed by atoms with van der Waals surface area (Å²) >= 11 is 0. The van der Waals surface area contributed by atoms with Gasteiger partial charge in [-0.2, -0.15) is 0 Å². The molecule has 0 spiro atoms. The molecule has 0 aromatic rings. The molecule has 0 saturated heterocycles. The maximum absolute atomic E-state index is 10.3. The van der Waals surface area contributed by atoms with Crippen molar-refractivity contribution in [1.82, 2.24) is 0 Å². The van der Waals surface area contributed by atoms with Gasteiger partial charge in [-0.15, -0.1) is 0 Å². The first-order valence-electron chi connectivity index (χ1n) is 8.88. The lowest BCUT2D eigenvalue weighted by atomic mass is 9.99. The van der Waals surface area contributed by atoms with Gasteiger partial charge in [0.05, 0.1) is 0 Å². The monoisotopic (exact) mass is 284 g/mol. The Morgan fingerprint density at radius 3 is 1.60 bits per heavy atom. The van der Waals surface area contributed by atoms with Crippen LogP contribution in [0.1, 0.15) is 104 Å². The molecule has 0 aliphatic heterocycles. The highest BCUT2D eigenvalue weighted by Gasteiger charge is 1.99. The van der Waals surface area contributed by atoms with E-state index in [1.54, 1.807) is 0 Å². The van der Waals surface area contributed by atoms with Crippen molar-refractivity contribution in [1.29, 1.82) is 0 Å². The topological polar surface area (TPSA) is 37.3 Å². The molecule has 0 rings (SSSR count). The van der Waals surface area contributed by atoms with Crippen LogP contribution in [0, 0.1) is 5.92 Å². The lowest BCUT2D eigenvalue weighted by Gasteiger charge is -2.07. The summed E-state index contributed by atoms with van der Waals surface area (Å²) < 4.78 is 0. The molecule has 0 saturated carbocycles. The van der Waals surface area contributed by atoms with E-state index >= 15 is 0 Å². The average molecular weight is 284 g/mol. The van der Waals surface area contributed by atoms with Gasteiger partial charge in [0, 0.05) is 6.42 Å². The summed E-state index contributed by atoms with van der Waals surface area (Å²) in [6.45, 7) is 4.64. The Hall–Kier alpha value is -0.530. The van der Waals surface area contributed by atoms with Crippen molar-refractivity contribution < 1.29 is 9.90 Å². The van der Waals surface area contributed by atoms with Gasteiger partial charge in [-0.05, 0) is 12.3 Å². The van der Waals surface area contributed by atoms with E-state index in [1.807, 2.05) is 0 Å². The van der Waals surface area contributed by atoms with Crippen molar-refractivity contribution >= 4 is 5.97 Å². The molecule has 0 aromatic heterocycles. The van der Waals surface area contributed by atoms with Gasteiger partial charge in [-0.3, -0.25) is 4.79 Å². The van der Waals surface area contributed by atoms with E-state index in [-0.39, 0.29) is 0 Å². The van der Waals surface area contributed by atoms with Gasteiger partial charge in [0.25, 0.3) is 0 Å². The number of carboxylic acid groups (broad SMARTS) is 1. The molecule has 0 aromatic carbocycles. The zero-order valence-electron chi connectivity index (χ0n) is 13.8.